The summed E-state index contributed by atoms with van der Waals surface area (Å²) in [5.74, 6) is 1.32. The molecule has 6 nitrogen and oxygen atoms in total. The molecule has 40 heavy (non-hydrogen) atoms. The van der Waals surface area contributed by atoms with E-state index in [0.717, 1.165) is 56.1 Å². The zero-order valence-corrected chi connectivity index (χ0v) is 22.5. The first-order chi connectivity index (χ1) is 19.6. The van der Waals surface area contributed by atoms with Crippen molar-refractivity contribution in [1.29, 1.82) is 0 Å². The fraction of sp³-hybridized carbons (Fsp3) is 0.0909. The van der Waals surface area contributed by atoms with Crippen LogP contribution in [0.5, 0.6) is 0 Å². The molecule has 0 saturated carbocycles. The minimum Gasteiger partial charge on any atom is -0.368 e. The van der Waals surface area contributed by atoms with Crippen LogP contribution in [0.1, 0.15) is 5.56 Å². The normalized spacial score (nSPS) is 11.8. The fourth-order valence-corrected chi connectivity index (χ4v) is 4.84. The second-order valence-corrected chi connectivity index (χ2v) is 10.0. The summed E-state index contributed by atoms with van der Waals surface area (Å²) in [6, 6.07) is 32.1. The molecule has 3 N–H and O–H groups in total. The van der Waals surface area contributed by atoms with E-state index in [0.29, 0.717) is 12.4 Å². The van der Waals surface area contributed by atoms with Crippen LogP contribution in [-0.2, 0) is 6.42 Å². The minimum atomic E-state index is -0.0847. The summed E-state index contributed by atoms with van der Waals surface area (Å²) in [5, 5.41) is 5.11. The lowest BCUT2D eigenvalue weighted by molar-refractivity contribution is 0.698. The van der Waals surface area contributed by atoms with Gasteiger partial charge in [-0.25, -0.2) is 9.97 Å². The molecule has 0 saturated heterocycles. The number of benzene rings is 3. The topological polar surface area (TPSA) is 89.6 Å². The highest BCUT2D eigenvalue weighted by Gasteiger charge is 2.16. The van der Waals surface area contributed by atoms with Crippen LogP contribution in [0.3, 0.4) is 0 Å². The monoisotopic (exact) mass is 542 g/mol. The van der Waals surface area contributed by atoms with Gasteiger partial charge in [0, 0.05) is 52.7 Å². The van der Waals surface area contributed by atoms with Crippen molar-refractivity contribution >= 4 is 28.3 Å². The summed E-state index contributed by atoms with van der Waals surface area (Å²) in [6.07, 6.45) is 6.05. The van der Waals surface area contributed by atoms with Crippen molar-refractivity contribution in [2.75, 3.05) is 11.9 Å². The predicted molar refractivity (Wildman–Crippen MR) is 163 cm³/mol. The van der Waals surface area contributed by atoms with Gasteiger partial charge in [0.2, 0.25) is 0 Å². The van der Waals surface area contributed by atoms with E-state index < -0.39 is 0 Å². The fourth-order valence-electron chi connectivity index (χ4n) is 4.71. The quantitative estimate of drug-likeness (QED) is 0.214. The van der Waals surface area contributed by atoms with Crippen LogP contribution in [0, 0.1) is 0 Å². The Morgan fingerprint density at radius 1 is 0.700 bits per heavy atom. The summed E-state index contributed by atoms with van der Waals surface area (Å²) >= 11 is 6.07. The predicted octanol–water partition coefficient (Wildman–Crippen LogP) is 7.06. The van der Waals surface area contributed by atoms with E-state index in [-0.39, 0.29) is 6.04 Å². The van der Waals surface area contributed by atoms with Crippen LogP contribution in [0.25, 0.3) is 44.7 Å². The van der Waals surface area contributed by atoms with E-state index in [2.05, 4.69) is 46.7 Å². The maximum Gasteiger partial charge on any atom is 0.162 e. The average molecular weight is 543 g/mol. The Kier molecular flexibility index (Phi) is 7.44. The van der Waals surface area contributed by atoms with Crippen molar-refractivity contribution in [3.8, 4) is 33.8 Å². The summed E-state index contributed by atoms with van der Waals surface area (Å²) in [6.45, 7) is 0.560. The van der Waals surface area contributed by atoms with Crippen LogP contribution < -0.4 is 11.1 Å². The van der Waals surface area contributed by atoms with Crippen molar-refractivity contribution < 1.29 is 0 Å². The number of halogens is 1. The van der Waals surface area contributed by atoms with Crippen molar-refractivity contribution in [2.45, 2.75) is 12.5 Å². The molecule has 196 valence electrons. The Hall–Kier alpha value is -4.65. The summed E-state index contributed by atoms with van der Waals surface area (Å²) in [5.41, 5.74) is 13.3. The molecule has 1 atom stereocenters. The number of nitrogens with zero attached hydrogens (tertiary/aromatic N) is 4. The van der Waals surface area contributed by atoms with Crippen LogP contribution in [0.15, 0.2) is 116 Å². The number of fused-ring (bicyclic) bond motifs is 1. The lowest BCUT2D eigenvalue weighted by atomic mass is 10.0. The summed E-state index contributed by atoms with van der Waals surface area (Å²) < 4.78 is 0. The third kappa shape index (κ3) is 5.69. The van der Waals surface area contributed by atoms with E-state index in [1.807, 2.05) is 60.7 Å². The molecule has 0 aliphatic heterocycles. The Balaban J connectivity index is 1.37. The molecule has 0 spiro atoms. The van der Waals surface area contributed by atoms with Gasteiger partial charge in [-0.15, -0.1) is 0 Å². The van der Waals surface area contributed by atoms with Crippen LogP contribution in [0.2, 0.25) is 5.02 Å². The molecule has 0 bridgehead atoms. The second-order valence-electron chi connectivity index (χ2n) is 9.60. The Labute approximate surface area is 238 Å². The first-order valence-electron chi connectivity index (χ1n) is 13.1. The van der Waals surface area contributed by atoms with Crippen molar-refractivity contribution in [3.05, 3.63) is 126 Å². The molecule has 7 heteroatoms. The lowest BCUT2D eigenvalue weighted by Gasteiger charge is -2.16. The molecular weight excluding hydrogens is 516 g/mol. The molecular formula is C33H27ClN6. The van der Waals surface area contributed by atoms with Crippen molar-refractivity contribution in [1.82, 2.24) is 19.9 Å². The average Bonchev–Trinajstić information content (AvgIpc) is 3.01. The number of nitrogens with one attached hydrogen (secondary N) is 1. The summed E-state index contributed by atoms with van der Waals surface area (Å²) in [4.78, 5) is 18.8. The maximum absolute atomic E-state index is 6.50. The molecule has 3 heterocycles. The number of rotatable bonds is 8. The van der Waals surface area contributed by atoms with E-state index >= 15 is 0 Å². The molecule has 3 aromatic heterocycles. The highest BCUT2D eigenvalue weighted by molar-refractivity contribution is 6.30. The second kappa shape index (κ2) is 11.6. The molecule has 1 unspecified atom stereocenters. The number of pyridine rings is 2. The van der Waals surface area contributed by atoms with E-state index in [1.165, 1.54) is 5.56 Å². The smallest absolute Gasteiger partial charge is 0.162 e. The van der Waals surface area contributed by atoms with Gasteiger partial charge in [-0.1, -0.05) is 78.3 Å². The third-order valence-electron chi connectivity index (χ3n) is 6.76. The van der Waals surface area contributed by atoms with Gasteiger partial charge in [0.05, 0.1) is 5.69 Å². The Morgan fingerprint density at radius 3 is 2.10 bits per heavy atom. The first kappa shape index (κ1) is 25.6. The van der Waals surface area contributed by atoms with Crippen LogP contribution in [-0.4, -0.2) is 32.5 Å². The van der Waals surface area contributed by atoms with Gasteiger partial charge in [-0.2, -0.15) is 0 Å². The van der Waals surface area contributed by atoms with Gasteiger partial charge in [0.25, 0.3) is 0 Å². The number of hydrogen-bond acceptors (Lipinski definition) is 6. The number of hydrogen-bond donors (Lipinski definition) is 2. The van der Waals surface area contributed by atoms with E-state index in [1.54, 1.807) is 18.6 Å². The molecule has 0 radical (unpaired) electrons. The van der Waals surface area contributed by atoms with Crippen LogP contribution >= 0.6 is 11.6 Å². The van der Waals surface area contributed by atoms with E-state index in [4.69, 9.17) is 32.3 Å². The molecule has 0 aliphatic rings. The Bertz CT molecular complexity index is 1720. The van der Waals surface area contributed by atoms with Gasteiger partial charge in [0.15, 0.2) is 5.82 Å². The molecule has 3 aromatic carbocycles. The third-order valence-corrected chi connectivity index (χ3v) is 7.01. The molecule has 6 aromatic rings. The lowest BCUT2D eigenvalue weighted by Crippen LogP contribution is -2.31. The highest BCUT2D eigenvalue weighted by atomic mass is 35.5. The van der Waals surface area contributed by atoms with Crippen molar-refractivity contribution in [2.24, 2.45) is 5.73 Å². The van der Waals surface area contributed by atoms with Gasteiger partial charge >= 0.3 is 0 Å². The molecule has 0 amide bonds. The van der Waals surface area contributed by atoms with Gasteiger partial charge < -0.3 is 11.1 Å². The van der Waals surface area contributed by atoms with Gasteiger partial charge in [-0.3, -0.25) is 9.97 Å². The van der Waals surface area contributed by atoms with Gasteiger partial charge in [0.1, 0.15) is 11.3 Å². The number of aromatic nitrogens is 4. The molecule has 6 rings (SSSR count). The standard InChI is InChI=1S/C33H27ClN6/c34-27-12-10-24(11-13-27)23-6-8-25(9-7-23)30-31-29(16-19-37-30)33(40-32(39-31)26-14-17-36-18-15-26)38-21-28(35)20-22-4-2-1-3-5-22/h1-19,28H,20-21,35H2,(H,38,39,40). The van der Waals surface area contributed by atoms with Gasteiger partial charge in [-0.05, 0) is 53.4 Å². The number of nitrogens with two attached hydrogens (primary N) is 1. The SMILES string of the molecule is NC(CNc1nc(-c2ccncc2)nc2c(-c3ccc(-c4ccc(Cl)cc4)cc3)nccc12)Cc1ccccc1. The molecule has 0 fully saturated rings. The number of anilines is 1. The minimum absolute atomic E-state index is 0.0847. The van der Waals surface area contributed by atoms with Crippen molar-refractivity contribution in [3.63, 3.8) is 0 Å². The van der Waals surface area contributed by atoms with Crippen LogP contribution in [0.4, 0.5) is 5.82 Å². The molecule has 0 aliphatic carbocycles. The highest BCUT2D eigenvalue weighted by Crippen LogP contribution is 2.32. The first-order valence-corrected chi connectivity index (χ1v) is 13.5. The zero-order chi connectivity index (χ0) is 27.3. The Morgan fingerprint density at radius 2 is 1.38 bits per heavy atom. The largest absolute Gasteiger partial charge is 0.368 e. The van der Waals surface area contributed by atoms with E-state index in [9.17, 15) is 0 Å². The zero-order valence-electron chi connectivity index (χ0n) is 21.7. The maximum atomic E-state index is 6.50. The summed E-state index contributed by atoms with van der Waals surface area (Å²) in [7, 11) is 0.